The van der Waals surface area contributed by atoms with Gasteiger partial charge in [-0.25, -0.2) is 9.97 Å². The number of nitrogens with zero attached hydrogens (tertiary/aromatic N) is 2. The van der Waals surface area contributed by atoms with Crippen molar-refractivity contribution in [3.8, 4) is 0 Å². The highest BCUT2D eigenvalue weighted by Gasteiger charge is 2.18. The van der Waals surface area contributed by atoms with Gasteiger partial charge in [-0.15, -0.1) is 0 Å². The second kappa shape index (κ2) is 4.57. The Hall–Kier alpha value is -1.16. The Bertz CT molecular complexity index is 342. The largest absolute Gasteiger partial charge is 0.351 e. The van der Waals surface area contributed by atoms with Gasteiger partial charge in [-0.2, -0.15) is 0 Å². The molecule has 0 spiro atoms. The van der Waals surface area contributed by atoms with E-state index in [0.717, 1.165) is 12.8 Å². The number of rotatable bonds is 2. The maximum absolute atomic E-state index is 11.0. The monoisotopic (exact) mass is 225 g/mol. The van der Waals surface area contributed by atoms with Crippen LogP contribution in [0.2, 0.25) is 5.02 Å². The van der Waals surface area contributed by atoms with Crippen molar-refractivity contribution in [3.05, 3.63) is 17.4 Å². The maximum Gasteiger partial charge on any atom is 0.222 e. The summed E-state index contributed by atoms with van der Waals surface area (Å²) in [5, 5.41) is 3.72. The summed E-state index contributed by atoms with van der Waals surface area (Å²) < 4.78 is 0. The lowest BCUT2D eigenvalue weighted by molar-refractivity contribution is -0.120. The fourth-order valence-electron chi connectivity index (χ4n) is 1.65. The molecule has 1 aliphatic rings. The van der Waals surface area contributed by atoms with E-state index < -0.39 is 0 Å². The highest BCUT2D eigenvalue weighted by Crippen LogP contribution is 2.18. The van der Waals surface area contributed by atoms with E-state index >= 15 is 0 Å². The quantitative estimate of drug-likeness (QED) is 0.837. The predicted molar refractivity (Wildman–Crippen MR) is 57.9 cm³/mol. The number of anilines is 1. The molecule has 80 valence electrons. The summed E-state index contributed by atoms with van der Waals surface area (Å²) in [6, 6.07) is 0.309. The summed E-state index contributed by atoms with van der Waals surface area (Å²) in [6.45, 7) is 0. The van der Waals surface area contributed by atoms with E-state index in [1.54, 1.807) is 12.4 Å². The van der Waals surface area contributed by atoms with E-state index in [0.29, 0.717) is 35.6 Å². The van der Waals surface area contributed by atoms with Crippen LogP contribution in [0.15, 0.2) is 12.4 Å². The van der Waals surface area contributed by atoms with Crippen LogP contribution in [-0.4, -0.2) is 21.8 Å². The molecule has 1 N–H and O–H groups in total. The standard InChI is InChI=1S/C10H12ClN3O/c11-7-5-12-10(13-6-7)14-8-1-3-9(15)4-2-8/h5-6,8H,1-4H2,(H,12,13,14). The average molecular weight is 226 g/mol. The van der Waals surface area contributed by atoms with Crippen molar-refractivity contribution < 1.29 is 4.79 Å². The van der Waals surface area contributed by atoms with E-state index in [1.807, 2.05) is 0 Å². The SMILES string of the molecule is O=C1CCC(Nc2ncc(Cl)cn2)CC1. The summed E-state index contributed by atoms with van der Waals surface area (Å²) in [6.07, 6.45) is 6.17. The lowest BCUT2D eigenvalue weighted by Gasteiger charge is -2.21. The summed E-state index contributed by atoms with van der Waals surface area (Å²) in [4.78, 5) is 19.1. The third-order valence-corrected chi connectivity index (χ3v) is 2.69. The maximum atomic E-state index is 11.0. The molecular weight excluding hydrogens is 214 g/mol. The van der Waals surface area contributed by atoms with Gasteiger partial charge in [0.15, 0.2) is 0 Å². The zero-order chi connectivity index (χ0) is 10.7. The molecule has 0 amide bonds. The van der Waals surface area contributed by atoms with Crippen molar-refractivity contribution >= 4 is 23.3 Å². The molecule has 1 fully saturated rings. The van der Waals surface area contributed by atoms with E-state index in [4.69, 9.17) is 11.6 Å². The molecule has 0 bridgehead atoms. The smallest absolute Gasteiger partial charge is 0.222 e. The van der Waals surface area contributed by atoms with Gasteiger partial charge in [0, 0.05) is 18.9 Å². The average Bonchev–Trinajstić information content (AvgIpc) is 2.25. The van der Waals surface area contributed by atoms with Crippen molar-refractivity contribution in [2.75, 3.05) is 5.32 Å². The van der Waals surface area contributed by atoms with E-state index in [9.17, 15) is 4.79 Å². The highest BCUT2D eigenvalue weighted by molar-refractivity contribution is 6.30. The Morgan fingerprint density at radius 3 is 2.47 bits per heavy atom. The summed E-state index contributed by atoms with van der Waals surface area (Å²) in [7, 11) is 0. The molecule has 15 heavy (non-hydrogen) atoms. The molecule has 0 radical (unpaired) electrons. The van der Waals surface area contributed by atoms with Gasteiger partial charge in [0.25, 0.3) is 0 Å². The van der Waals surface area contributed by atoms with Crippen LogP contribution >= 0.6 is 11.6 Å². The van der Waals surface area contributed by atoms with Crippen molar-refractivity contribution in [1.82, 2.24) is 9.97 Å². The third-order valence-electron chi connectivity index (χ3n) is 2.50. The van der Waals surface area contributed by atoms with Gasteiger partial charge in [-0.1, -0.05) is 11.6 Å². The molecule has 1 aliphatic carbocycles. The zero-order valence-corrected chi connectivity index (χ0v) is 9.00. The summed E-state index contributed by atoms with van der Waals surface area (Å²) in [5.41, 5.74) is 0. The van der Waals surface area contributed by atoms with Crippen molar-refractivity contribution in [2.24, 2.45) is 0 Å². The Kier molecular flexibility index (Phi) is 3.16. The normalized spacial score (nSPS) is 17.8. The van der Waals surface area contributed by atoms with Crippen LogP contribution in [0.5, 0.6) is 0 Å². The molecule has 0 unspecified atom stereocenters. The number of Topliss-reactive ketones (excluding diaryl/α,β-unsaturated/α-hetero) is 1. The van der Waals surface area contributed by atoms with Crippen LogP contribution in [0.3, 0.4) is 0 Å². The fourth-order valence-corrected chi connectivity index (χ4v) is 1.75. The van der Waals surface area contributed by atoms with Crippen molar-refractivity contribution in [1.29, 1.82) is 0 Å². The molecule has 0 aliphatic heterocycles. The van der Waals surface area contributed by atoms with Crippen LogP contribution in [0, 0.1) is 0 Å². The minimum atomic E-state index is 0.309. The minimum Gasteiger partial charge on any atom is -0.351 e. The van der Waals surface area contributed by atoms with Crippen LogP contribution in [0.1, 0.15) is 25.7 Å². The molecule has 1 aromatic heterocycles. The van der Waals surface area contributed by atoms with Gasteiger partial charge in [-0.05, 0) is 12.8 Å². The van der Waals surface area contributed by atoms with Gasteiger partial charge < -0.3 is 5.32 Å². The molecule has 1 saturated carbocycles. The van der Waals surface area contributed by atoms with E-state index in [1.165, 1.54) is 0 Å². The van der Waals surface area contributed by atoms with E-state index in [2.05, 4.69) is 15.3 Å². The first kappa shape index (κ1) is 10.4. The Labute approximate surface area is 93.1 Å². The highest BCUT2D eigenvalue weighted by atomic mass is 35.5. The molecule has 5 heteroatoms. The number of carbonyl (C=O) groups is 1. The lowest BCUT2D eigenvalue weighted by Crippen LogP contribution is -2.26. The number of aromatic nitrogens is 2. The van der Waals surface area contributed by atoms with Crippen LogP contribution in [-0.2, 0) is 4.79 Å². The second-order valence-corrected chi connectivity index (χ2v) is 4.12. The summed E-state index contributed by atoms with van der Waals surface area (Å²) >= 11 is 5.68. The number of hydrogen-bond donors (Lipinski definition) is 1. The third kappa shape index (κ3) is 2.89. The molecule has 1 heterocycles. The van der Waals surface area contributed by atoms with Gasteiger partial charge in [0.05, 0.1) is 17.4 Å². The minimum absolute atomic E-state index is 0.309. The number of ketones is 1. The number of hydrogen-bond acceptors (Lipinski definition) is 4. The molecule has 1 aromatic rings. The topological polar surface area (TPSA) is 54.9 Å². The first-order chi connectivity index (χ1) is 7.24. The van der Waals surface area contributed by atoms with Gasteiger partial charge in [0.1, 0.15) is 5.78 Å². The lowest BCUT2D eigenvalue weighted by atomic mass is 9.94. The Morgan fingerprint density at radius 1 is 1.27 bits per heavy atom. The fraction of sp³-hybridized carbons (Fsp3) is 0.500. The molecule has 4 nitrogen and oxygen atoms in total. The van der Waals surface area contributed by atoms with Gasteiger partial charge >= 0.3 is 0 Å². The van der Waals surface area contributed by atoms with Crippen LogP contribution in [0.25, 0.3) is 0 Å². The van der Waals surface area contributed by atoms with Gasteiger partial charge in [-0.3, -0.25) is 4.79 Å². The van der Waals surface area contributed by atoms with Gasteiger partial charge in [0.2, 0.25) is 5.95 Å². The zero-order valence-electron chi connectivity index (χ0n) is 8.24. The summed E-state index contributed by atoms with van der Waals surface area (Å²) in [5.74, 6) is 0.934. The Morgan fingerprint density at radius 2 is 1.87 bits per heavy atom. The number of halogens is 1. The number of carbonyl (C=O) groups excluding carboxylic acids is 1. The molecule has 0 aromatic carbocycles. The Balaban J connectivity index is 1.91. The predicted octanol–water partition coefficient (Wildman–Crippen LogP) is 2.05. The first-order valence-electron chi connectivity index (χ1n) is 5.00. The first-order valence-corrected chi connectivity index (χ1v) is 5.37. The molecular formula is C10H12ClN3O. The molecule has 0 saturated heterocycles. The molecule has 0 atom stereocenters. The van der Waals surface area contributed by atoms with Crippen LogP contribution in [0.4, 0.5) is 5.95 Å². The van der Waals surface area contributed by atoms with Crippen molar-refractivity contribution in [3.63, 3.8) is 0 Å². The van der Waals surface area contributed by atoms with Crippen molar-refractivity contribution in [2.45, 2.75) is 31.7 Å². The number of nitrogens with one attached hydrogen (secondary N) is 1. The van der Waals surface area contributed by atoms with Crippen LogP contribution < -0.4 is 5.32 Å². The van der Waals surface area contributed by atoms with E-state index in [-0.39, 0.29) is 0 Å². The second-order valence-electron chi connectivity index (χ2n) is 3.68. The molecule has 2 rings (SSSR count).